The van der Waals surface area contributed by atoms with Gasteiger partial charge in [-0.3, -0.25) is 9.69 Å². The predicted molar refractivity (Wildman–Crippen MR) is 89.6 cm³/mol. The van der Waals surface area contributed by atoms with Gasteiger partial charge in [0, 0.05) is 48.1 Å². The van der Waals surface area contributed by atoms with E-state index in [9.17, 15) is 4.79 Å². The molecule has 0 saturated carbocycles. The number of fused-ring (bicyclic) bond motifs is 1. The van der Waals surface area contributed by atoms with Crippen LogP contribution in [0.2, 0.25) is 5.02 Å². The van der Waals surface area contributed by atoms with Crippen LogP contribution in [0, 0.1) is 0 Å². The van der Waals surface area contributed by atoms with Gasteiger partial charge < -0.3 is 15.2 Å². The maximum absolute atomic E-state index is 12.7. The molecule has 2 heterocycles. The zero-order valence-electron chi connectivity index (χ0n) is 12.9. The first kappa shape index (κ1) is 15.3. The third kappa shape index (κ3) is 2.97. The molecular weight excluding hydrogens is 300 g/mol. The molecule has 1 fully saturated rings. The first-order valence-electron chi connectivity index (χ1n) is 7.51. The third-order valence-corrected chi connectivity index (χ3v) is 4.55. The van der Waals surface area contributed by atoms with Crippen LogP contribution in [0.1, 0.15) is 10.5 Å². The Bertz CT molecular complexity index is 684. The van der Waals surface area contributed by atoms with Crippen molar-refractivity contribution in [3.05, 3.63) is 35.0 Å². The summed E-state index contributed by atoms with van der Waals surface area (Å²) in [5.41, 5.74) is 1.57. The van der Waals surface area contributed by atoms with E-state index in [2.05, 4.69) is 22.2 Å². The maximum Gasteiger partial charge on any atom is 0.270 e. The first-order valence-corrected chi connectivity index (χ1v) is 7.88. The number of H-pyrrole nitrogens is 1. The van der Waals surface area contributed by atoms with Crippen molar-refractivity contribution in [2.75, 3.05) is 40.3 Å². The summed E-state index contributed by atoms with van der Waals surface area (Å²) >= 11 is 6.00. The number of amides is 1. The number of benzene rings is 1. The molecule has 5 nitrogen and oxygen atoms in total. The van der Waals surface area contributed by atoms with Gasteiger partial charge in [0.15, 0.2) is 0 Å². The van der Waals surface area contributed by atoms with Crippen LogP contribution in [0.15, 0.2) is 24.3 Å². The molecule has 1 aliphatic rings. The molecule has 0 radical (unpaired) electrons. The van der Waals surface area contributed by atoms with Gasteiger partial charge in [0.05, 0.1) is 0 Å². The molecule has 1 unspecified atom stereocenters. The molecule has 2 N–H and O–H groups in total. The average molecular weight is 321 g/mol. The SMILES string of the molecule is CNCC1CN(C(=O)c2cc3cc(Cl)ccc3[nH]2)CCN1C. The molecule has 2 aromatic rings. The zero-order valence-corrected chi connectivity index (χ0v) is 13.7. The molecule has 1 atom stereocenters. The summed E-state index contributed by atoms with van der Waals surface area (Å²) in [5.74, 6) is 0.0570. The molecule has 0 spiro atoms. The zero-order chi connectivity index (χ0) is 15.7. The van der Waals surface area contributed by atoms with Crippen LogP contribution >= 0.6 is 11.6 Å². The number of aromatic amines is 1. The molecule has 1 saturated heterocycles. The van der Waals surface area contributed by atoms with Gasteiger partial charge in [-0.05, 0) is 38.4 Å². The van der Waals surface area contributed by atoms with Crippen molar-refractivity contribution in [3.8, 4) is 0 Å². The van der Waals surface area contributed by atoms with Gasteiger partial charge in [-0.1, -0.05) is 11.6 Å². The maximum atomic E-state index is 12.7. The van der Waals surface area contributed by atoms with E-state index in [0.717, 1.165) is 37.1 Å². The lowest BCUT2D eigenvalue weighted by molar-refractivity contribution is 0.0545. The minimum atomic E-state index is 0.0570. The van der Waals surface area contributed by atoms with E-state index in [0.29, 0.717) is 16.8 Å². The minimum Gasteiger partial charge on any atom is -0.351 e. The lowest BCUT2D eigenvalue weighted by atomic mass is 10.1. The number of hydrogen-bond donors (Lipinski definition) is 2. The smallest absolute Gasteiger partial charge is 0.270 e. The van der Waals surface area contributed by atoms with Gasteiger partial charge in [0.25, 0.3) is 5.91 Å². The van der Waals surface area contributed by atoms with E-state index >= 15 is 0 Å². The Hall–Kier alpha value is -1.56. The summed E-state index contributed by atoms with van der Waals surface area (Å²) in [7, 11) is 4.05. The molecule has 1 amide bonds. The number of hydrogen-bond acceptors (Lipinski definition) is 3. The molecule has 0 aliphatic carbocycles. The molecule has 6 heteroatoms. The Balaban J connectivity index is 1.79. The summed E-state index contributed by atoms with van der Waals surface area (Å²) in [6, 6.07) is 7.84. The Morgan fingerprint density at radius 3 is 3.00 bits per heavy atom. The van der Waals surface area contributed by atoms with Crippen molar-refractivity contribution < 1.29 is 4.79 Å². The van der Waals surface area contributed by atoms with E-state index in [1.807, 2.05) is 36.2 Å². The van der Waals surface area contributed by atoms with E-state index < -0.39 is 0 Å². The van der Waals surface area contributed by atoms with Crippen molar-refractivity contribution in [1.29, 1.82) is 0 Å². The normalized spacial score (nSPS) is 19.8. The van der Waals surface area contributed by atoms with Crippen LogP contribution in [0.3, 0.4) is 0 Å². The van der Waals surface area contributed by atoms with Crippen molar-refractivity contribution in [2.24, 2.45) is 0 Å². The number of nitrogens with one attached hydrogen (secondary N) is 2. The fourth-order valence-corrected chi connectivity index (χ4v) is 3.16. The third-order valence-electron chi connectivity index (χ3n) is 4.32. The van der Waals surface area contributed by atoms with Crippen molar-refractivity contribution in [2.45, 2.75) is 6.04 Å². The van der Waals surface area contributed by atoms with Crippen LogP contribution in [0.5, 0.6) is 0 Å². The summed E-state index contributed by atoms with van der Waals surface area (Å²) in [5, 5.41) is 4.84. The number of nitrogens with zero attached hydrogens (tertiary/aromatic N) is 2. The monoisotopic (exact) mass is 320 g/mol. The average Bonchev–Trinajstić information content (AvgIpc) is 2.92. The van der Waals surface area contributed by atoms with Gasteiger partial charge in [-0.2, -0.15) is 0 Å². The highest BCUT2D eigenvalue weighted by molar-refractivity contribution is 6.31. The minimum absolute atomic E-state index is 0.0570. The van der Waals surface area contributed by atoms with Gasteiger partial charge in [0.2, 0.25) is 0 Å². The second-order valence-electron chi connectivity index (χ2n) is 5.86. The molecule has 22 heavy (non-hydrogen) atoms. The van der Waals surface area contributed by atoms with Gasteiger partial charge in [-0.25, -0.2) is 0 Å². The summed E-state index contributed by atoms with van der Waals surface area (Å²) in [4.78, 5) is 20.2. The van der Waals surface area contributed by atoms with Crippen LogP contribution in [-0.2, 0) is 0 Å². The molecule has 0 bridgehead atoms. The largest absolute Gasteiger partial charge is 0.351 e. The fourth-order valence-electron chi connectivity index (χ4n) is 2.98. The second-order valence-corrected chi connectivity index (χ2v) is 6.29. The number of rotatable bonds is 3. The van der Waals surface area contributed by atoms with Crippen LogP contribution in [0.25, 0.3) is 10.9 Å². The lowest BCUT2D eigenvalue weighted by Gasteiger charge is -2.39. The van der Waals surface area contributed by atoms with Crippen molar-refractivity contribution in [1.82, 2.24) is 20.1 Å². The first-order chi connectivity index (χ1) is 10.6. The molecule has 1 aromatic heterocycles. The van der Waals surface area contributed by atoms with Crippen molar-refractivity contribution >= 4 is 28.4 Å². The summed E-state index contributed by atoms with van der Waals surface area (Å²) in [6.07, 6.45) is 0. The summed E-state index contributed by atoms with van der Waals surface area (Å²) < 4.78 is 0. The number of halogens is 1. The van der Waals surface area contributed by atoms with E-state index in [1.54, 1.807) is 0 Å². The number of likely N-dealkylation sites (N-methyl/N-ethyl adjacent to an activating group) is 2. The lowest BCUT2D eigenvalue weighted by Crippen LogP contribution is -2.56. The standard InChI is InChI=1S/C16H21ClN4O/c1-18-9-13-10-21(6-5-20(13)2)16(22)15-8-11-7-12(17)3-4-14(11)19-15/h3-4,7-8,13,18-19H,5-6,9-10H2,1-2H3. The Kier molecular flexibility index (Phi) is 4.38. The van der Waals surface area contributed by atoms with Crippen LogP contribution in [0.4, 0.5) is 0 Å². The topological polar surface area (TPSA) is 51.4 Å². The molecule has 118 valence electrons. The highest BCUT2D eigenvalue weighted by atomic mass is 35.5. The van der Waals surface area contributed by atoms with E-state index in [-0.39, 0.29) is 5.91 Å². The Morgan fingerprint density at radius 2 is 2.23 bits per heavy atom. The van der Waals surface area contributed by atoms with Gasteiger partial charge >= 0.3 is 0 Å². The highest BCUT2D eigenvalue weighted by Crippen LogP contribution is 2.21. The fraction of sp³-hybridized carbons (Fsp3) is 0.438. The van der Waals surface area contributed by atoms with Gasteiger partial charge in [-0.15, -0.1) is 0 Å². The molecule has 1 aromatic carbocycles. The number of aromatic nitrogens is 1. The number of piperazine rings is 1. The number of carbonyl (C=O) groups excluding carboxylic acids is 1. The molecular formula is C16H21ClN4O. The summed E-state index contributed by atoms with van der Waals surface area (Å²) in [6.45, 7) is 3.27. The van der Waals surface area contributed by atoms with E-state index in [1.165, 1.54) is 0 Å². The quantitative estimate of drug-likeness (QED) is 0.906. The van der Waals surface area contributed by atoms with Crippen LogP contribution < -0.4 is 5.32 Å². The molecule has 1 aliphatic heterocycles. The predicted octanol–water partition coefficient (Wildman–Crippen LogP) is 1.80. The second kappa shape index (κ2) is 6.28. The Labute approximate surface area is 135 Å². The van der Waals surface area contributed by atoms with E-state index in [4.69, 9.17) is 11.6 Å². The van der Waals surface area contributed by atoms with Gasteiger partial charge in [0.1, 0.15) is 5.69 Å². The molecule has 3 rings (SSSR count). The highest BCUT2D eigenvalue weighted by Gasteiger charge is 2.28. The van der Waals surface area contributed by atoms with Crippen LogP contribution in [-0.4, -0.2) is 67.0 Å². The Morgan fingerprint density at radius 1 is 1.41 bits per heavy atom. The number of carbonyl (C=O) groups is 1. The van der Waals surface area contributed by atoms with Crippen molar-refractivity contribution in [3.63, 3.8) is 0 Å².